The van der Waals surface area contributed by atoms with Gasteiger partial charge in [-0.2, -0.15) is 0 Å². The van der Waals surface area contributed by atoms with Crippen LogP contribution in [0.1, 0.15) is 12.5 Å². The number of rotatable bonds is 1. The first-order valence-electron chi connectivity index (χ1n) is 4.38. The number of fused-ring (bicyclic) bond motifs is 1. The van der Waals surface area contributed by atoms with Crippen LogP contribution in [0, 0.1) is 0 Å². The maximum absolute atomic E-state index is 2.20. The molecule has 0 N–H and O–H groups in total. The highest BCUT2D eigenvalue weighted by Gasteiger charge is 1.95. The van der Waals surface area contributed by atoms with Gasteiger partial charge >= 0.3 is 0 Å². The van der Waals surface area contributed by atoms with Crippen LogP contribution in [-0.2, 0) is 6.42 Å². The fourth-order valence-electron chi connectivity index (χ4n) is 1.60. The van der Waals surface area contributed by atoms with Crippen LogP contribution in [0.4, 0.5) is 0 Å². The Balaban J connectivity index is 0.000000845. The number of aryl methyl sites for hydroxylation is 1. The van der Waals surface area contributed by atoms with Gasteiger partial charge in [0.15, 0.2) is 0 Å². The van der Waals surface area contributed by atoms with E-state index >= 15 is 0 Å². The zero-order valence-corrected chi connectivity index (χ0v) is 9.37. The van der Waals surface area contributed by atoms with Gasteiger partial charge in [-0.1, -0.05) is 49.4 Å². The van der Waals surface area contributed by atoms with Gasteiger partial charge < -0.3 is 0 Å². The summed E-state index contributed by atoms with van der Waals surface area (Å²) in [4.78, 5) is 0. The molecule has 0 saturated heterocycles. The number of hydrogen-bond donors (Lipinski definition) is 0. The molecule has 0 nitrogen and oxygen atoms in total. The number of halogens is 1. The smallest absolute Gasteiger partial charge is 0.0152 e. The minimum Gasteiger partial charge on any atom is -0.114 e. The van der Waals surface area contributed by atoms with Crippen molar-refractivity contribution in [1.29, 1.82) is 0 Å². The predicted octanol–water partition coefficient (Wildman–Crippen LogP) is 3.98. The lowest BCUT2D eigenvalue weighted by atomic mass is 10.0. The van der Waals surface area contributed by atoms with Crippen molar-refractivity contribution < 1.29 is 0 Å². The third kappa shape index (κ3) is 1.92. The van der Waals surface area contributed by atoms with Gasteiger partial charge in [-0.3, -0.25) is 0 Å². The van der Waals surface area contributed by atoms with Crippen LogP contribution < -0.4 is 0 Å². The van der Waals surface area contributed by atoms with Gasteiger partial charge in [0.25, 0.3) is 0 Å². The Labute approximate surface area is 89.4 Å². The standard InChI is InChI=1S/C12H12.BrH/c1-2-10-7-5-8-11-6-3-4-9-12(10)11;/h3-9H,2H2,1H3;1H. The van der Waals surface area contributed by atoms with E-state index in [0.29, 0.717) is 0 Å². The Morgan fingerprint density at radius 3 is 2.38 bits per heavy atom. The molecule has 0 atom stereocenters. The Morgan fingerprint density at radius 1 is 0.923 bits per heavy atom. The summed E-state index contributed by atoms with van der Waals surface area (Å²) in [6.45, 7) is 2.20. The normalized spacial score (nSPS) is 9.62. The van der Waals surface area contributed by atoms with E-state index in [1.807, 2.05) is 0 Å². The summed E-state index contributed by atoms with van der Waals surface area (Å²) in [6.07, 6.45) is 1.11. The van der Waals surface area contributed by atoms with Gasteiger partial charge in [-0.25, -0.2) is 0 Å². The van der Waals surface area contributed by atoms with Crippen LogP contribution in [0.25, 0.3) is 10.8 Å². The lowest BCUT2D eigenvalue weighted by molar-refractivity contribution is 1.16. The number of benzene rings is 2. The van der Waals surface area contributed by atoms with Gasteiger partial charge in [0.1, 0.15) is 0 Å². The zero-order valence-electron chi connectivity index (χ0n) is 7.66. The first-order valence-corrected chi connectivity index (χ1v) is 4.38. The van der Waals surface area contributed by atoms with Crippen molar-refractivity contribution in [3.8, 4) is 0 Å². The minimum atomic E-state index is 0. The average Bonchev–Trinajstić information content (AvgIpc) is 2.17. The summed E-state index contributed by atoms with van der Waals surface area (Å²) < 4.78 is 0. The fraction of sp³-hybridized carbons (Fsp3) is 0.167. The van der Waals surface area contributed by atoms with Crippen molar-refractivity contribution in [1.82, 2.24) is 0 Å². The Bertz CT molecular complexity index is 388. The van der Waals surface area contributed by atoms with Gasteiger partial charge in [0, 0.05) is 0 Å². The molecule has 0 saturated carbocycles. The monoisotopic (exact) mass is 236 g/mol. The van der Waals surface area contributed by atoms with E-state index in [2.05, 4.69) is 49.4 Å². The maximum Gasteiger partial charge on any atom is -0.0152 e. The van der Waals surface area contributed by atoms with Crippen LogP contribution in [0.3, 0.4) is 0 Å². The lowest BCUT2D eigenvalue weighted by Gasteiger charge is -2.02. The van der Waals surface area contributed by atoms with Crippen LogP contribution in [-0.4, -0.2) is 0 Å². The quantitative estimate of drug-likeness (QED) is 0.703. The van der Waals surface area contributed by atoms with E-state index < -0.39 is 0 Å². The molecule has 0 aliphatic heterocycles. The highest BCUT2D eigenvalue weighted by atomic mass is 79.9. The van der Waals surface area contributed by atoms with E-state index in [1.165, 1.54) is 16.3 Å². The van der Waals surface area contributed by atoms with E-state index in [1.54, 1.807) is 0 Å². The van der Waals surface area contributed by atoms with Crippen LogP contribution in [0.15, 0.2) is 42.5 Å². The second-order valence-corrected chi connectivity index (χ2v) is 2.99. The summed E-state index contributed by atoms with van der Waals surface area (Å²) in [5.41, 5.74) is 1.44. The van der Waals surface area contributed by atoms with Crippen molar-refractivity contribution in [2.24, 2.45) is 0 Å². The molecule has 13 heavy (non-hydrogen) atoms. The molecular weight excluding hydrogens is 224 g/mol. The molecule has 0 aromatic heterocycles. The molecule has 0 aliphatic carbocycles. The van der Waals surface area contributed by atoms with Crippen LogP contribution >= 0.6 is 17.0 Å². The van der Waals surface area contributed by atoms with Gasteiger partial charge in [-0.05, 0) is 22.8 Å². The Hall–Kier alpha value is -0.820. The molecule has 2 aromatic carbocycles. The van der Waals surface area contributed by atoms with Gasteiger partial charge in [-0.15, -0.1) is 17.0 Å². The van der Waals surface area contributed by atoms with Crippen molar-refractivity contribution in [3.63, 3.8) is 0 Å². The van der Waals surface area contributed by atoms with Crippen LogP contribution in [0.2, 0.25) is 0 Å². The molecule has 0 bridgehead atoms. The summed E-state index contributed by atoms with van der Waals surface area (Å²) >= 11 is 0. The SMILES string of the molecule is Br.CCc1cccc2ccccc12. The minimum absolute atomic E-state index is 0. The molecule has 0 spiro atoms. The Morgan fingerprint density at radius 2 is 1.62 bits per heavy atom. The molecule has 2 rings (SSSR count). The molecule has 0 heterocycles. The molecule has 0 fully saturated rings. The van der Waals surface area contributed by atoms with Gasteiger partial charge in [0.05, 0.1) is 0 Å². The molecule has 1 heteroatoms. The fourth-order valence-corrected chi connectivity index (χ4v) is 1.60. The van der Waals surface area contributed by atoms with E-state index in [0.717, 1.165) is 6.42 Å². The van der Waals surface area contributed by atoms with Crippen molar-refractivity contribution >= 4 is 27.8 Å². The third-order valence-corrected chi connectivity index (χ3v) is 2.26. The van der Waals surface area contributed by atoms with Gasteiger partial charge in [0.2, 0.25) is 0 Å². The molecule has 68 valence electrons. The summed E-state index contributed by atoms with van der Waals surface area (Å²) in [5, 5.41) is 2.74. The first kappa shape index (κ1) is 10.3. The highest BCUT2D eigenvalue weighted by Crippen LogP contribution is 2.18. The molecular formula is C12H13Br. The summed E-state index contributed by atoms with van der Waals surface area (Å²) in [5.74, 6) is 0. The molecule has 0 amide bonds. The van der Waals surface area contributed by atoms with Crippen LogP contribution in [0.5, 0.6) is 0 Å². The van der Waals surface area contributed by atoms with Crippen molar-refractivity contribution in [3.05, 3.63) is 48.0 Å². The highest BCUT2D eigenvalue weighted by molar-refractivity contribution is 8.93. The molecule has 0 radical (unpaired) electrons. The number of hydrogen-bond acceptors (Lipinski definition) is 0. The molecule has 0 aliphatic rings. The van der Waals surface area contributed by atoms with E-state index in [9.17, 15) is 0 Å². The summed E-state index contributed by atoms with van der Waals surface area (Å²) in [6, 6.07) is 15.0. The van der Waals surface area contributed by atoms with E-state index in [4.69, 9.17) is 0 Å². The molecule has 0 unspecified atom stereocenters. The second kappa shape index (κ2) is 4.43. The lowest BCUT2D eigenvalue weighted by Crippen LogP contribution is -1.81. The Kier molecular flexibility index (Phi) is 3.49. The van der Waals surface area contributed by atoms with Crippen molar-refractivity contribution in [2.45, 2.75) is 13.3 Å². The zero-order chi connectivity index (χ0) is 8.39. The molecule has 2 aromatic rings. The largest absolute Gasteiger partial charge is 0.114 e. The topological polar surface area (TPSA) is 0 Å². The predicted molar refractivity (Wildman–Crippen MR) is 63.6 cm³/mol. The maximum atomic E-state index is 2.20. The van der Waals surface area contributed by atoms with Crippen molar-refractivity contribution in [2.75, 3.05) is 0 Å². The third-order valence-electron chi connectivity index (χ3n) is 2.26. The first-order chi connectivity index (χ1) is 5.92. The second-order valence-electron chi connectivity index (χ2n) is 2.99. The average molecular weight is 237 g/mol. The summed E-state index contributed by atoms with van der Waals surface area (Å²) in [7, 11) is 0. The van der Waals surface area contributed by atoms with E-state index in [-0.39, 0.29) is 17.0 Å².